The van der Waals surface area contributed by atoms with E-state index in [9.17, 15) is 8.92 Å². The van der Waals surface area contributed by atoms with Gasteiger partial charge in [-0.2, -0.15) is 16.7 Å². The maximum atomic E-state index is 12.3. The summed E-state index contributed by atoms with van der Waals surface area (Å²) in [6.45, 7) is 3.14. The van der Waals surface area contributed by atoms with E-state index in [0.29, 0.717) is 0 Å². The maximum Gasteiger partial charge on any atom is 0.250 e. The highest BCUT2D eigenvalue weighted by molar-refractivity contribution is 8.00. The fourth-order valence-corrected chi connectivity index (χ4v) is 0.422. The van der Waals surface area contributed by atoms with Crippen LogP contribution in [-0.2, 0) is 4.94 Å². The summed E-state index contributed by atoms with van der Waals surface area (Å²) < 4.78 is 22.7. The van der Waals surface area contributed by atoms with Crippen molar-refractivity contribution < 1.29 is 13.9 Å². The van der Waals surface area contributed by atoms with Crippen LogP contribution in [0.4, 0.5) is 8.92 Å². The monoisotopic (exact) mass is 156 g/mol. The van der Waals surface area contributed by atoms with Gasteiger partial charge in [-0.05, 0) is 24.6 Å². The molecule has 0 spiro atoms. The second-order valence-electron chi connectivity index (χ2n) is 2.21. The Balaban J connectivity index is 3.80. The molecule has 1 unspecified atom stereocenters. The molecule has 0 fully saturated rings. The molecule has 56 valence electrons. The van der Waals surface area contributed by atoms with Gasteiger partial charge in [-0.3, -0.25) is 0 Å². The van der Waals surface area contributed by atoms with Crippen molar-refractivity contribution in [1.82, 2.24) is 0 Å². The molecular formula is C5H10F2OS. The number of alkyl halides is 1. The molecule has 4 heteroatoms. The minimum absolute atomic E-state index is 0.797. The number of rotatable bonds is 3. The first-order valence-electron chi connectivity index (χ1n) is 2.51. The Kier molecular flexibility index (Phi) is 3.43. The van der Waals surface area contributed by atoms with Crippen LogP contribution >= 0.6 is 11.8 Å². The summed E-state index contributed by atoms with van der Waals surface area (Å²) in [6, 6.07) is 0. The van der Waals surface area contributed by atoms with Crippen LogP contribution in [0.15, 0.2) is 0 Å². The zero-order valence-corrected chi connectivity index (χ0v) is 6.47. The fraction of sp³-hybridized carbons (Fsp3) is 1.00. The van der Waals surface area contributed by atoms with Crippen LogP contribution in [0.25, 0.3) is 0 Å². The van der Waals surface area contributed by atoms with E-state index >= 15 is 0 Å². The minimum atomic E-state index is -1.84. The van der Waals surface area contributed by atoms with E-state index in [4.69, 9.17) is 0 Å². The predicted octanol–water partition coefficient (Wildman–Crippen LogP) is 2.32. The van der Waals surface area contributed by atoms with Crippen LogP contribution in [-0.4, -0.2) is 17.4 Å². The SMILES string of the molecule is CSC(C)(C)C(F)OF. The average molecular weight is 156 g/mol. The molecule has 0 aliphatic carbocycles. The van der Waals surface area contributed by atoms with Crippen LogP contribution < -0.4 is 0 Å². The summed E-state index contributed by atoms with van der Waals surface area (Å²) in [6.07, 6.45) is -0.140. The molecule has 0 aliphatic rings. The van der Waals surface area contributed by atoms with E-state index in [-0.39, 0.29) is 0 Å². The first-order valence-corrected chi connectivity index (χ1v) is 3.73. The molecule has 0 heterocycles. The molecule has 1 atom stereocenters. The van der Waals surface area contributed by atoms with Crippen LogP contribution in [0.3, 0.4) is 0 Å². The molecular weight excluding hydrogens is 146 g/mol. The molecule has 0 aromatic carbocycles. The molecule has 0 rings (SSSR count). The lowest BCUT2D eigenvalue weighted by atomic mass is 10.2. The van der Waals surface area contributed by atoms with Crippen LogP contribution in [0.5, 0.6) is 0 Å². The zero-order chi connectivity index (χ0) is 7.49. The summed E-state index contributed by atoms with van der Waals surface area (Å²) >= 11 is 1.22. The Morgan fingerprint density at radius 1 is 1.56 bits per heavy atom. The number of thioether (sulfide) groups is 1. The topological polar surface area (TPSA) is 9.23 Å². The van der Waals surface area contributed by atoms with E-state index in [0.717, 1.165) is 0 Å². The summed E-state index contributed by atoms with van der Waals surface area (Å²) in [5.74, 6) is 0. The van der Waals surface area contributed by atoms with Gasteiger partial charge in [0.25, 0.3) is 6.36 Å². The van der Waals surface area contributed by atoms with Gasteiger partial charge in [0.05, 0.1) is 4.75 Å². The Morgan fingerprint density at radius 2 is 2.00 bits per heavy atom. The highest BCUT2D eigenvalue weighted by Crippen LogP contribution is 2.28. The lowest BCUT2D eigenvalue weighted by Gasteiger charge is -2.22. The fourth-order valence-electron chi connectivity index (χ4n) is 0.200. The molecule has 0 amide bonds. The summed E-state index contributed by atoms with van der Waals surface area (Å²) in [5, 5.41) is 0. The van der Waals surface area contributed by atoms with Gasteiger partial charge in [-0.15, -0.1) is 0 Å². The van der Waals surface area contributed by atoms with E-state index < -0.39 is 11.1 Å². The van der Waals surface area contributed by atoms with Gasteiger partial charge >= 0.3 is 0 Å². The van der Waals surface area contributed by atoms with Gasteiger partial charge in [0.2, 0.25) is 0 Å². The molecule has 0 aromatic rings. The quantitative estimate of drug-likeness (QED) is 0.620. The lowest BCUT2D eigenvalue weighted by molar-refractivity contribution is -0.233. The summed E-state index contributed by atoms with van der Waals surface area (Å²) in [4.78, 5) is 3.02. The third-order valence-corrected chi connectivity index (χ3v) is 2.39. The summed E-state index contributed by atoms with van der Waals surface area (Å²) in [5.41, 5.74) is 0. The van der Waals surface area contributed by atoms with E-state index in [1.807, 2.05) is 0 Å². The Labute approximate surface area is 57.7 Å². The second kappa shape index (κ2) is 3.37. The van der Waals surface area contributed by atoms with Crippen molar-refractivity contribution in [2.24, 2.45) is 0 Å². The Hall–Kier alpha value is 0.170. The number of hydrogen-bond donors (Lipinski definition) is 0. The maximum absolute atomic E-state index is 12.3. The van der Waals surface area contributed by atoms with Gasteiger partial charge in [-0.25, -0.2) is 4.39 Å². The number of hydrogen-bond acceptors (Lipinski definition) is 2. The largest absolute Gasteiger partial charge is 0.250 e. The standard InChI is InChI=1S/C5H10F2OS/c1-5(2,9-3)4(6)8-7/h4H,1-3H3. The van der Waals surface area contributed by atoms with Gasteiger partial charge in [0.1, 0.15) is 0 Å². The van der Waals surface area contributed by atoms with E-state index in [1.54, 1.807) is 20.1 Å². The minimum Gasteiger partial charge on any atom is -0.211 e. The molecule has 0 aliphatic heterocycles. The molecule has 1 nitrogen and oxygen atoms in total. The van der Waals surface area contributed by atoms with Crippen molar-refractivity contribution in [2.45, 2.75) is 25.0 Å². The van der Waals surface area contributed by atoms with Gasteiger partial charge < -0.3 is 0 Å². The molecule has 0 bridgehead atoms. The van der Waals surface area contributed by atoms with E-state index in [1.165, 1.54) is 11.8 Å². The van der Waals surface area contributed by atoms with Crippen molar-refractivity contribution in [2.75, 3.05) is 6.26 Å². The van der Waals surface area contributed by atoms with Gasteiger partial charge in [0, 0.05) is 0 Å². The Morgan fingerprint density at radius 3 is 2.11 bits per heavy atom. The van der Waals surface area contributed by atoms with Gasteiger partial charge in [-0.1, -0.05) is 0 Å². The van der Waals surface area contributed by atoms with Crippen molar-refractivity contribution in [1.29, 1.82) is 0 Å². The zero-order valence-electron chi connectivity index (χ0n) is 5.65. The summed E-state index contributed by atoms with van der Waals surface area (Å²) in [7, 11) is 0. The first-order chi connectivity index (χ1) is 4.04. The second-order valence-corrected chi connectivity index (χ2v) is 3.67. The normalized spacial score (nSPS) is 15.7. The molecule has 0 saturated heterocycles. The molecule has 0 radical (unpaired) electrons. The van der Waals surface area contributed by atoms with Gasteiger partial charge in [0.15, 0.2) is 0 Å². The van der Waals surface area contributed by atoms with Crippen molar-refractivity contribution >= 4 is 11.8 Å². The molecule has 0 saturated carbocycles. The third kappa shape index (κ3) is 2.49. The molecule has 0 N–H and O–H groups in total. The Bertz CT molecular complexity index is 87.0. The highest BCUT2D eigenvalue weighted by Gasteiger charge is 2.30. The smallest absolute Gasteiger partial charge is 0.211 e. The van der Waals surface area contributed by atoms with Crippen LogP contribution in [0.2, 0.25) is 0 Å². The lowest BCUT2D eigenvalue weighted by Crippen LogP contribution is -2.29. The number of halogens is 2. The molecule has 0 aromatic heterocycles. The van der Waals surface area contributed by atoms with Crippen LogP contribution in [0.1, 0.15) is 13.8 Å². The van der Waals surface area contributed by atoms with Crippen molar-refractivity contribution in [3.63, 3.8) is 0 Å². The third-order valence-electron chi connectivity index (χ3n) is 1.15. The predicted molar refractivity (Wildman–Crippen MR) is 34.7 cm³/mol. The van der Waals surface area contributed by atoms with Crippen LogP contribution in [0, 0.1) is 0 Å². The van der Waals surface area contributed by atoms with E-state index in [2.05, 4.69) is 4.94 Å². The first kappa shape index (κ1) is 9.17. The highest BCUT2D eigenvalue weighted by atomic mass is 32.2. The van der Waals surface area contributed by atoms with Crippen molar-refractivity contribution in [3.8, 4) is 0 Å². The molecule has 9 heavy (non-hydrogen) atoms. The average Bonchev–Trinajstić information content (AvgIpc) is 1.86. The van der Waals surface area contributed by atoms with Crippen molar-refractivity contribution in [3.05, 3.63) is 0 Å².